The highest BCUT2D eigenvalue weighted by Gasteiger charge is 2.08. The Bertz CT molecular complexity index is 275. The van der Waals surface area contributed by atoms with Crippen LogP contribution < -0.4 is 10.6 Å². The van der Waals surface area contributed by atoms with Crippen molar-refractivity contribution in [3.63, 3.8) is 0 Å². The van der Waals surface area contributed by atoms with Gasteiger partial charge in [-0.15, -0.1) is 0 Å². The summed E-state index contributed by atoms with van der Waals surface area (Å²) in [4.78, 5) is 10.8. The Labute approximate surface area is 91.5 Å². The zero-order chi connectivity index (χ0) is 11.7. The Morgan fingerprint density at radius 2 is 1.87 bits per heavy atom. The van der Waals surface area contributed by atoms with E-state index in [0.717, 1.165) is 0 Å². The minimum Gasteiger partial charge on any atom is -0.359 e. The molecule has 0 spiro atoms. The maximum Gasteiger partial charge on any atom is 0.221 e. The predicted octanol–water partition coefficient (Wildman–Crippen LogP) is -0.463. The second kappa shape index (κ2) is 7.64. The van der Waals surface area contributed by atoms with Crippen LogP contribution in [-0.2, 0) is 14.6 Å². The molecule has 0 aromatic rings. The molecule has 0 aliphatic rings. The molecule has 0 rings (SSSR count). The van der Waals surface area contributed by atoms with Crippen LogP contribution >= 0.6 is 0 Å². The van der Waals surface area contributed by atoms with Crippen molar-refractivity contribution < 1.29 is 13.2 Å². The second-order valence-corrected chi connectivity index (χ2v) is 5.63. The molecule has 0 aliphatic carbocycles. The standard InChI is InChI=1S/C9H20N2O3S/c1-3-7-15(13,14)8-6-11-5-4-9(12)10-2/h11H,3-8H2,1-2H3,(H,10,12). The molecule has 2 N–H and O–H groups in total. The maximum absolute atomic E-state index is 11.3. The average molecular weight is 236 g/mol. The van der Waals surface area contributed by atoms with E-state index in [2.05, 4.69) is 10.6 Å². The normalized spacial score (nSPS) is 11.3. The molecule has 0 aliphatic heterocycles. The Hall–Kier alpha value is -0.620. The number of hydrogen-bond donors (Lipinski definition) is 2. The molecule has 5 nitrogen and oxygen atoms in total. The van der Waals surface area contributed by atoms with Crippen LogP contribution in [0.2, 0.25) is 0 Å². The first-order chi connectivity index (χ1) is 7.02. The lowest BCUT2D eigenvalue weighted by atomic mass is 10.4. The summed E-state index contributed by atoms with van der Waals surface area (Å²) < 4.78 is 22.5. The van der Waals surface area contributed by atoms with E-state index in [-0.39, 0.29) is 17.4 Å². The zero-order valence-corrected chi connectivity index (χ0v) is 10.2. The SMILES string of the molecule is CCCS(=O)(=O)CCNCCC(=O)NC. The summed E-state index contributed by atoms with van der Waals surface area (Å²) in [7, 11) is -1.32. The van der Waals surface area contributed by atoms with Crippen LogP contribution in [0.4, 0.5) is 0 Å². The highest BCUT2D eigenvalue weighted by Crippen LogP contribution is 1.91. The summed E-state index contributed by atoms with van der Waals surface area (Å²) >= 11 is 0. The molecular weight excluding hydrogens is 216 g/mol. The number of amides is 1. The van der Waals surface area contributed by atoms with Gasteiger partial charge in [0.2, 0.25) is 5.91 Å². The Kier molecular flexibility index (Phi) is 7.33. The highest BCUT2D eigenvalue weighted by molar-refractivity contribution is 7.91. The van der Waals surface area contributed by atoms with Gasteiger partial charge in [0.15, 0.2) is 9.84 Å². The molecule has 0 saturated carbocycles. The van der Waals surface area contributed by atoms with Gasteiger partial charge in [0, 0.05) is 32.3 Å². The van der Waals surface area contributed by atoms with Crippen LogP contribution in [0.3, 0.4) is 0 Å². The van der Waals surface area contributed by atoms with Crippen LogP contribution in [0.15, 0.2) is 0 Å². The number of sulfone groups is 1. The van der Waals surface area contributed by atoms with E-state index in [1.54, 1.807) is 7.05 Å². The van der Waals surface area contributed by atoms with Gasteiger partial charge in [-0.2, -0.15) is 0 Å². The van der Waals surface area contributed by atoms with E-state index in [4.69, 9.17) is 0 Å². The van der Waals surface area contributed by atoms with Gasteiger partial charge in [-0.25, -0.2) is 8.42 Å². The molecule has 0 fully saturated rings. The monoisotopic (exact) mass is 236 g/mol. The third-order valence-corrected chi connectivity index (χ3v) is 3.77. The fourth-order valence-electron chi connectivity index (χ4n) is 1.09. The summed E-state index contributed by atoms with van der Waals surface area (Å²) in [6.07, 6.45) is 1.03. The number of carbonyl (C=O) groups excluding carboxylic acids is 1. The summed E-state index contributed by atoms with van der Waals surface area (Å²) in [6, 6.07) is 0. The molecule has 0 unspecified atom stereocenters. The lowest BCUT2D eigenvalue weighted by Crippen LogP contribution is -2.28. The maximum atomic E-state index is 11.3. The van der Waals surface area contributed by atoms with Gasteiger partial charge in [-0.1, -0.05) is 6.92 Å². The summed E-state index contributed by atoms with van der Waals surface area (Å²) in [6.45, 7) is 2.78. The molecule has 0 saturated heterocycles. The fourth-order valence-corrected chi connectivity index (χ4v) is 2.37. The van der Waals surface area contributed by atoms with E-state index >= 15 is 0 Å². The van der Waals surface area contributed by atoms with E-state index in [0.29, 0.717) is 25.9 Å². The minimum absolute atomic E-state index is 0.0427. The van der Waals surface area contributed by atoms with Crippen molar-refractivity contribution in [3.8, 4) is 0 Å². The lowest BCUT2D eigenvalue weighted by molar-refractivity contribution is -0.120. The summed E-state index contributed by atoms with van der Waals surface area (Å²) in [5.74, 6) is 0.345. The number of rotatable bonds is 8. The highest BCUT2D eigenvalue weighted by atomic mass is 32.2. The summed E-state index contributed by atoms with van der Waals surface area (Å²) in [5.41, 5.74) is 0. The minimum atomic E-state index is -2.90. The third-order valence-electron chi connectivity index (χ3n) is 1.91. The van der Waals surface area contributed by atoms with Crippen molar-refractivity contribution in [3.05, 3.63) is 0 Å². The molecule has 0 bridgehead atoms. The van der Waals surface area contributed by atoms with Gasteiger partial charge < -0.3 is 10.6 Å². The van der Waals surface area contributed by atoms with E-state index in [1.165, 1.54) is 0 Å². The van der Waals surface area contributed by atoms with E-state index in [9.17, 15) is 13.2 Å². The van der Waals surface area contributed by atoms with Gasteiger partial charge in [-0.3, -0.25) is 4.79 Å². The van der Waals surface area contributed by atoms with Crippen LogP contribution in [0.5, 0.6) is 0 Å². The lowest BCUT2D eigenvalue weighted by Gasteiger charge is -2.04. The smallest absolute Gasteiger partial charge is 0.221 e. The summed E-state index contributed by atoms with van der Waals surface area (Å²) in [5, 5.41) is 5.42. The predicted molar refractivity (Wildman–Crippen MR) is 60.5 cm³/mol. The molecule has 90 valence electrons. The van der Waals surface area contributed by atoms with Gasteiger partial charge in [-0.05, 0) is 6.42 Å². The fraction of sp³-hybridized carbons (Fsp3) is 0.889. The third kappa shape index (κ3) is 8.38. The van der Waals surface area contributed by atoms with Crippen molar-refractivity contribution in [2.75, 3.05) is 31.6 Å². The molecule has 0 aromatic heterocycles. The first-order valence-corrected chi connectivity index (χ1v) is 6.95. The Morgan fingerprint density at radius 3 is 2.40 bits per heavy atom. The van der Waals surface area contributed by atoms with E-state index in [1.807, 2.05) is 6.92 Å². The number of nitrogens with one attached hydrogen (secondary N) is 2. The van der Waals surface area contributed by atoms with E-state index < -0.39 is 9.84 Å². The van der Waals surface area contributed by atoms with Crippen molar-refractivity contribution >= 4 is 15.7 Å². The van der Waals surface area contributed by atoms with Gasteiger partial charge in [0.05, 0.1) is 5.75 Å². The molecule has 6 heteroatoms. The van der Waals surface area contributed by atoms with Gasteiger partial charge >= 0.3 is 0 Å². The first-order valence-electron chi connectivity index (χ1n) is 5.13. The van der Waals surface area contributed by atoms with Crippen LogP contribution in [0.25, 0.3) is 0 Å². The van der Waals surface area contributed by atoms with Crippen LogP contribution in [-0.4, -0.2) is 46.0 Å². The zero-order valence-electron chi connectivity index (χ0n) is 9.38. The van der Waals surface area contributed by atoms with Crippen LogP contribution in [0, 0.1) is 0 Å². The molecule has 0 radical (unpaired) electrons. The Balaban J connectivity index is 3.50. The van der Waals surface area contributed by atoms with Crippen molar-refractivity contribution in [1.82, 2.24) is 10.6 Å². The molecule has 0 heterocycles. The van der Waals surface area contributed by atoms with Crippen LogP contribution in [0.1, 0.15) is 19.8 Å². The van der Waals surface area contributed by atoms with Crippen molar-refractivity contribution in [2.24, 2.45) is 0 Å². The Morgan fingerprint density at radius 1 is 1.20 bits per heavy atom. The molecule has 1 amide bonds. The number of carbonyl (C=O) groups is 1. The molecular formula is C9H20N2O3S. The van der Waals surface area contributed by atoms with Gasteiger partial charge in [0.1, 0.15) is 0 Å². The average Bonchev–Trinajstić information content (AvgIpc) is 2.16. The quantitative estimate of drug-likeness (QED) is 0.559. The topological polar surface area (TPSA) is 75.3 Å². The second-order valence-electron chi connectivity index (χ2n) is 3.32. The molecule has 0 atom stereocenters. The van der Waals surface area contributed by atoms with Gasteiger partial charge in [0.25, 0.3) is 0 Å². The largest absolute Gasteiger partial charge is 0.359 e. The number of hydrogen-bond acceptors (Lipinski definition) is 4. The van der Waals surface area contributed by atoms with Crippen molar-refractivity contribution in [2.45, 2.75) is 19.8 Å². The van der Waals surface area contributed by atoms with Crippen molar-refractivity contribution in [1.29, 1.82) is 0 Å². The molecule has 0 aromatic carbocycles. The molecule has 15 heavy (non-hydrogen) atoms. The first kappa shape index (κ1) is 14.4.